The Bertz CT molecular complexity index is 3750. The number of anilines is 1. The Hall–Kier alpha value is -10.2. The van der Waals surface area contributed by atoms with Gasteiger partial charge in [0.15, 0.2) is 11.5 Å². The number of hydrogen-bond donors (Lipinski definition) is 4. The number of cyclic esters (lactones) is 2. The Labute approximate surface area is 585 Å². The number of likely N-dealkylation sites (N-methyl/N-ethyl adjacent to an activating group) is 2. The summed E-state index contributed by atoms with van der Waals surface area (Å²) in [6.07, 6.45) is 3.97. The van der Waals surface area contributed by atoms with Crippen molar-refractivity contribution in [3.8, 4) is 11.5 Å². The quantitative estimate of drug-likeness (QED) is 0.0607. The molecule has 0 aromatic heterocycles. The lowest BCUT2D eigenvalue weighted by atomic mass is 9.87. The normalized spacial score (nSPS) is 22.0. The molecule has 0 aliphatic carbocycles. The van der Waals surface area contributed by atoms with E-state index in [1.165, 1.54) is 66.9 Å². The van der Waals surface area contributed by atoms with Crippen LogP contribution in [0, 0.1) is 11.3 Å². The SMILES string of the molecule is COc1ccc(CC[C@H]2OC(=O)[C@@H]3CCCCN3C(=O)C(=O)C(C)(C)COC(=O)/C=C/CCN(C)C(=O)[C@H](CC(C)C)N(C)C(=O)[C@H]3CCCN3C(=O)[C@H](Cc3ccc(CC(=O)NCc4ccccc4)cc3)NC(=O)[C@H](c3ccccc3)NC(=O)CCC(=O)Nc3cccc2c3)cc1OC. The van der Waals surface area contributed by atoms with Gasteiger partial charge in [-0.25, -0.2) is 9.59 Å². The van der Waals surface area contributed by atoms with Gasteiger partial charge in [0.1, 0.15) is 42.9 Å². The van der Waals surface area contributed by atoms with Crippen LogP contribution in [0.15, 0.2) is 140 Å². The molecule has 4 N–H and O–H groups in total. The molecular weight excluding hydrogens is 1280 g/mol. The Kier molecular flexibility index (Phi) is 27.3. The molecule has 8 amide bonds. The van der Waals surface area contributed by atoms with Crippen molar-refractivity contribution in [3.63, 3.8) is 0 Å². The monoisotopic (exact) mass is 1370 g/mol. The third-order valence-electron chi connectivity index (χ3n) is 18.3. The number of Topliss-reactive ketones (excluding diaryl/α,β-unsaturated/α-hetero) is 1. The topological polar surface area (TPSA) is 286 Å². The molecule has 0 unspecified atom stereocenters. The van der Waals surface area contributed by atoms with E-state index in [0.29, 0.717) is 71.7 Å². The van der Waals surface area contributed by atoms with E-state index in [9.17, 15) is 43.2 Å². The number of carbonyl (C=O) groups excluding carboxylic acids is 11. The molecule has 6 atom stereocenters. The number of hydrogen-bond acceptors (Lipinski definition) is 15. The van der Waals surface area contributed by atoms with Crippen molar-refractivity contribution in [2.45, 2.75) is 154 Å². The zero-order chi connectivity index (χ0) is 72.0. The lowest BCUT2D eigenvalue weighted by Gasteiger charge is -2.36. The number of benzene rings is 5. The summed E-state index contributed by atoms with van der Waals surface area (Å²) in [7, 11) is 6.16. The van der Waals surface area contributed by atoms with E-state index >= 15 is 9.59 Å². The molecule has 0 radical (unpaired) electrons. The van der Waals surface area contributed by atoms with Gasteiger partial charge in [0.05, 0.1) is 26.1 Å². The van der Waals surface area contributed by atoms with E-state index in [1.807, 2.05) is 50.2 Å². The van der Waals surface area contributed by atoms with Gasteiger partial charge in [0, 0.05) is 71.3 Å². The minimum atomic E-state index is -1.52. The molecule has 5 aromatic carbocycles. The minimum absolute atomic E-state index is 0.0592. The van der Waals surface area contributed by atoms with Crippen molar-refractivity contribution in [3.05, 3.63) is 173 Å². The van der Waals surface area contributed by atoms with Crippen molar-refractivity contribution in [1.29, 1.82) is 0 Å². The Balaban J connectivity index is 1.09. The minimum Gasteiger partial charge on any atom is -0.493 e. The number of methoxy groups -OCH3 is 2. The summed E-state index contributed by atoms with van der Waals surface area (Å²) >= 11 is 0. The summed E-state index contributed by atoms with van der Waals surface area (Å²) in [5.41, 5.74) is 2.70. The number of esters is 2. The van der Waals surface area contributed by atoms with Gasteiger partial charge in [0.25, 0.3) is 5.91 Å². The molecule has 100 heavy (non-hydrogen) atoms. The van der Waals surface area contributed by atoms with Crippen LogP contribution >= 0.6 is 0 Å². The first-order chi connectivity index (χ1) is 47.9. The molecule has 2 fully saturated rings. The van der Waals surface area contributed by atoms with Crippen molar-refractivity contribution < 1.29 is 71.7 Å². The molecule has 3 heterocycles. The van der Waals surface area contributed by atoms with Gasteiger partial charge in [-0.05, 0) is 135 Å². The summed E-state index contributed by atoms with van der Waals surface area (Å²) in [5.74, 6) is -6.08. The van der Waals surface area contributed by atoms with E-state index < -0.39 is 101 Å². The molecule has 3 aliphatic rings. The second kappa shape index (κ2) is 36.1. The molecule has 0 saturated carbocycles. The number of nitrogens with zero attached hydrogens (tertiary/aromatic N) is 4. The second-order valence-corrected chi connectivity index (χ2v) is 26.8. The first-order valence-corrected chi connectivity index (χ1v) is 34.3. The van der Waals surface area contributed by atoms with Crippen LogP contribution in [0.5, 0.6) is 11.5 Å². The fourth-order valence-corrected chi connectivity index (χ4v) is 12.6. The fraction of sp³-hybridized carbons (Fsp3) is 0.442. The summed E-state index contributed by atoms with van der Waals surface area (Å²) in [6.45, 7) is 7.02. The molecule has 2 bridgehead atoms. The highest BCUT2D eigenvalue weighted by atomic mass is 16.5. The largest absolute Gasteiger partial charge is 0.493 e. The number of piperidine rings is 1. The maximum atomic E-state index is 15.3. The number of amides is 8. The van der Waals surface area contributed by atoms with Crippen molar-refractivity contribution in [2.24, 2.45) is 11.3 Å². The molecule has 23 heteroatoms. The van der Waals surface area contributed by atoms with E-state index in [2.05, 4.69) is 21.3 Å². The summed E-state index contributed by atoms with van der Waals surface area (Å²) in [5, 5.41) is 11.5. The van der Waals surface area contributed by atoms with Gasteiger partial charge >= 0.3 is 11.9 Å². The van der Waals surface area contributed by atoms with E-state index in [-0.39, 0.29) is 95.2 Å². The molecule has 23 nitrogen and oxygen atoms in total. The van der Waals surface area contributed by atoms with Crippen LogP contribution in [0.1, 0.15) is 137 Å². The predicted octanol–water partition coefficient (Wildman–Crippen LogP) is 7.89. The number of carbonyl (C=O) groups is 11. The van der Waals surface area contributed by atoms with E-state index in [1.54, 1.807) is 98.0 Å². The summed E-state index contributed by atoms with van der Waals surface area (Å²) in [6, 6.07) is 31.2. The van der Waals surface area contributed by atoms with E-state index in [4.69, 9.17) is 18.9 Å². The highest BCUT2D eigenvalue weighted by molar-refractivity contribution is 6.38. The van der Waals surface area contributed by atoms with Gasteiger partial charge in [0.2, 0.25) is 47.1 Å². The Morgan fingerprint density at radius 3 is 2.03 bits per heavy atom. The first kappa shape index (κ1) is 75.6. The lowest BCUT2D eigenvalue weighted by molar-refractivity contribution is -0.165. The number of fused-ring (bicyclic) bond motifs is 4. The van der Waals surface area contributed by atoms with Gasteiger partial charge in [-0.1, -0.05) is 123 Å². The zero-order valence-corrected chi connectivity index (χ0v) is 58.5. The maximum absolute atomic E-state index is 15.3. The summed E-state index contributed by atoms with van der Waals surface area (Å²) < 4.78 is 22.9. The molecular formula is C77H94N8O15. The molecule has 532 valence electrons. The van der Waals surface area contributed by atoms with Crippen LogP contribution in [0.25, 0.3) is 0 Å². The van der Waals surface area contributed by atoms with Gasteiger partial charge in [-0.3, -0.25) is 43.2 Å². The average Bonchev–Trinajstić information content (AvgIpc) is 1.35. The number of aryl methyl sites for hydroxylation is 1. The van der Waals surface area contributed by atoms with Crippen molar-refractivity contribution in [2.75, 3.05) is 59.9 Å². The standard InChI is InChI=1S/C77H94N8O15/c1-50(2)43-61-73(93)82(5)40-17-16-29-68(89)99-49-77(3,4)70(90)75(95)85-41-18-15-27-60(85)76(96)100-62(36-34-52-35-37-63(97-7)64(45-52)98-8)56-25-19-26-57(47-56)79-65(86)38-39-66(87)81-69(55-23-13-10-14-24-55)71(91)80-58(72(92)84-42-20-28-59(84)74(94)83(61)6)44-51-30-32-53(33-31-51)46-67(88)78-48-54-21-11-9-12-22-54/h9-14,16,19,21-26,29-33,35,37,45,47,50,58-62,69H,15,17-18,20,27-28,34,36,38-44,46,48-49H2,1-8H3,(H,78,88)(H,79,86)(H,80,91)(H,81,87)/b29-16+/t58-,59+,60-,61-,62+,69-/m0/s1. The summed E-state index contributed by atoms with van der Waals surface area (Å²) in [4.78, 5) is 163. The van der Waals surface area contributed by atoms with Crippen LogP contribution in [0.3, 0.4) is 0 Å². The van der Waals surface area contributed by atoms with Crippen LogP contribution < -0.4 is 30.7 Å². The second-order valence-electron chi connectivity index (χ2n) is 26.8. The number of rotatable bonds is 14. The molecule has 5 aromatic rings. The van der Waals surface area contributed by atoms with Crippen LogP contribution in [0.2, 0.25) is 0 Å². The molecule has 0 spiro atoms. The zero-order valence-electron chi connectivity index (χ0n) is 58.5. The third kappa shape index (κ3) is 20.9. The molecule has 2 saturated heterocycles. The number of ketones is 1. The van der Waals surface area contributed by atoms with Crippen molar-refractivity contribution in [1.82, 2.24) is 35.6 Å². The fourth-order valence-electron chi connectivity index (χ4n) is 12.6. The molecule has 3 aliphatic heterocycles. The van der Waals surface area contributed by atoms with Crippen molar-refractivity contribution >= 4 is 70.7 Å². The van der Waals surface area contributed by atoms with E-state index in [0.717, 1.165) is 11.1 Å². The third-order valence-corrected chi connectivity index (χ3v) is 18.3. The van der Waals surface area contributed by atoms with Gasteiger partial charge in [-0.15, -0.1) is 0 Å². The number of nitrogens with one attached hydrogen (secondary N) is 4. The lowest BCUT2D eigenvalue weighted by Crippen LogP contribution is -2.58. The highest BCUT2D eigenvalue weighted by Gasteiger charge is 2.44. The van der Waals surface area contributed by atoms with Gasteiger partial charge < -0.3 is 59.8 Å². The Morgan fingerprint density at radius 2 is 1.32 bits per heavy atom. The Morgan fingerprint density at radius 1 is 0.660 bits per heavy atom. The van der Waals surface area contributed by atoms with Crippen LogP contribution in [0.4, 0.5) is 5.69 Å². The predicted molar refractivity (Wildman–Crippen MR) is 374 cm³/mol. The average molecular weight is 1370 g/mol. The van der Waals surface area contributed by atoms with Gasteiger partial charge in [-0.2, -0.15) is 0 Å². The maximum Gasteiger partial charge on any atom is 0.330 e. The highest BCUT2D eigenvalue weighted by Crippen LogP contribution is 2.33. The smallest absolute Gasteiger partial charge is 0.330 e. The van der Waals surface area contributed by atoms with Crippen LogP contribution in [-0.4, -0.2) is 163 Å². The first-order valence-electron chi connectivity index (χ1n) is 34.3. The molecule has 8 rings (SSSR count). The number of ether oxygens (including phenoxy) is 4. The van der Waals surface area contributed by atoms with Crippen LogP contribution in [-0.2, 0) is 88.0 Å².